The SMILES string of the molecule is CNCCNC(=O)c1ccc2c(c1)C(Nc1cccc(C)n1)C(C)C(C)N2C(C)=O. The number of hydrogen-bond donors (Lipinski definition) is 3. The maximum absolute atomic E-state index is 12.6. The number of carbonyl (C=O) groups excluding carboxylic acids is 2. The molecule has 2 amide bonds. The van der Waals surface area contributed by atoms with Crippen LogP contribution in [0.3, 0.4) is 0 Å². The Morgan fingerprint density at radius 2 is 1.90 bits per heavy atom. The summed E-state index contributed by atoms with van der Waals surface area (Å²) < 4.78 is 0. The molecular weight excluding hydrogens is 378 g/mol. The first-order chi connectivity index (χ1) is 14.3. The molecule has 30 heavy (non-hydrogen) atoms. The predicted molar refractivity (Wildman–Crippen MR) is 120 cm³/mol. The van der Waals surface area contributed by atoms with Gasteiger partial charge in [0.1, 0.15) is 5.82 Å². The van der Waals surface area contributed by atoms with Gasteiger partial charge in [0.15, 0.2) is 0 Å². The fourth-order valence-electron chi connectivity index (χ4n) is 4.03. The fraction of sp³-hybridized carbons (Fsp3) is 0.435. The lowest BCUT2D eigenvalue weighted by Crippen LogP contribution is -2.48. The van der Waals surface area contributed by atoms with Gasteiger partial charge in [-0.25, -0.2) is 4.98 Å². The van der Waals surface area contributed by atoms with Crippen molar-refractivity contribution in [2.24, 2.45) is 5.92 Å². The molecule has 0 bridgehead atoms. The molecule has 160 valence electrons. The van der Waals surface area contributed by atoms with E-state index in [9.17, 15) is 9.59 Å². The average Bonchev–Trinajstić information content (AvgIpc) is 2.71. The first-order valence-electron chi connectivity index (χ1n) is 10.4. The van der Waals surface area contributed by atoms with E-state index in [1.807, 2.05) is 49.2 Å². The molecule has 0 aliphatic carbocycles. The molecule has 1 aliphatic heterocycles. The first-order valence-corrected chi connectivity index (χ1v) is 10.4. The average molecular weight is 410 g/mol. The van der Waals surface area contributed by atoms with Crippen LogP contribution in [0, 0.1) is 12.8 Å². The number of fused-ring (bicyclic) bond motifs is 1. The van der Waals surface area contributed by atoms with E-state index in [-0.39, 0.29) is 29.8 Å². The first kappa shape index (κ1) is 21.8. The van der Waals surface area contributed by atoms with Crippen molar-refractivity contribution >= 4 is 23.3 Å². The normalized spacial score (nSPS) is 20.4. The van der Waals surface area contributed by atoms with E-state index in [4.69, 9.17) is 0 Å². The second-order valence-corrected chi connectivity index (χ2v) is 7.91. The van der Waals surface area contributed by atoms with Gasteiger partial charge < -0.3 is 20.9 Å². The summed E-state index contributed by atoms with van der Waals surface area (Å²) in [6, 6.07) is 11.4. The summed E-state index contributed by atoms with van der Waals surface area (Å²) in [5.74, 6) is 0.770. The van der Waals surface area contributed by atoms with Gasteiger partial charge >= 0.3 is 0 Å². The Labute approximate surface area is 178 Å². The summed E-state index contributed by atoms with van der Waals surface area (Å²) in [6.45, 7) is 8.97. The second-order valence-electron chi connectivity index (χ2n) is 7.91. The van der Waals surface area contributed by atoms with E-state index in [2.05, 4.69) is 34.8 Å². The number of likely N-dealkylation sites (N-methyl/N-ethyl adjacent to an activating group) is 1. The zero-order valence-corrected chi connectivity index (χ0v) is 18.3. The number of aromatic nitrogens is 1. The van der Waals surface area contributed by atoms with Gasteiger partial charge in [-0.1, -0.05) is 13.0 Å². The van der Waals surface area contributed by atoms with Crippen LogP contribution in [0.2, 0.25) is 0 Å². The molecule has 0 radical (unpaired) electrons. The molecule has 3 rings (SSSR count). The zero-order chi connectivity index (χ0) is 21.8. The molecule has 0 saturated heterocycles. The standard InChI is InChI=1S/C23H31N5O2/c1-14-7-6-8-21(26-14)27-22-15(2)16(3)28(17(4)29)20-10-9-18(13-19(20)22)23(30)25-12-11-24-5/h6-10,13,15-16,22,24H,11-12H2,1-5H3,(H,25,30)(H,26,27). The van der Waals surface area contributed by atoms with Crippen LogP contribution >= 0.6 is 0 Å². The third kappa shape index (κ3) is 4.46. The molecule has 1 aromatic carbocycles. The summed E-state index contributed by atoms with van der Waals surface area (Å²) in [5, 5.41) is 9.48. The number of carbonyl (C=O) groups is 2. The van der Waals surface area contributed by atoms with Crippen molar-refractivity contribution in [3.05, 3.63) is 53.2 Å². The molecule has 2 aromatic rings. The van der Waals surface area contributed by atoms with Gasteiger partial charge in [-0.3, -0.25) is 9.59 Å². The Morgan fingerprint density at radius 1 is 1.13 bits per heavy atom. The van der Waals surface area contributed by atoms with Crippen molar-refractivity contribution in [2.45, 2.75) is 39.8 Å². The Hall–Kier alpha value is -2.93. The summed E-state index contributed by atoms with van der Waals surface area (Å²) in [7, 11) is 1.85. The number of aryl methyl sites for hydroxylation is 1. The number of benzene rings is 1. The van der Waals surface area contributed by atoms with Crippen molar-refractivity contribution in [3.8, 4) is 0 Å². The molecule has 0 saturated carbocycles. The van der Waals surface area contributed by atoms with E-state index in [1.54, 1.807) is 13.0 Å². The van der Waals surface area contributed by atoms with Crippen molar-refractivity contribution in [2.75, 3.05) is 30.4 Å². The number of nitrogens with one attached hydrogen (secondary N) is 3. The highest BCUT2D eigenvalue weighted by molar-refractivity contribution is 5.98. The molecule has 1 aromatic heterocycles. The van der Waals surface area contributed by atoms with Crippen molar-refractivity contribution in [3.63, 3.8) is 0 Å². The van der Waals surface area contributed by atoms with Crippen LogP contribution in [0.4, 0.5) is 11.5 Å². The number of anilines is 2. The maximum Gasteiger partial charge on any atom is 0.251 e. The number of hydrogen-bond acceptors (Lipinski definition) is 5. The number of nitrogens with zero attached hydrogens (tertiary/aromatic N) is 2. The lowest BCUT2D eigenvalue weighted by Gasteiger charge is -2.44. The molecule has 3 unspecified atom stereocenters. The zero-order valence-electron chi connectivity index (χ0n) is 18.3. The summed E-state index contributed by atoms with van der Waals surface area (Å²) in [5.41, 5.74) is 3.28. The smallest absolute Gasteiger partial charge is 0.251 e. The summed E-state index contributed by atoms with van der Waals surface area (Å²) in [6.07, 6.45) is 0. The molecule has 0 fully saturated rings. The van der Waals surface area contributed by atoms with E-state index in [0.717, 1.165) is 22.8 Å². The highest BCUT2D eigenvalue weighted by Crippen LogP contribution is 2.42. The molecular formula is C23H31N5O2. The minimum atomic E-state index is -0.124. The third-order valence-corrected chi connectivity index (χ3v) is 5.77. The third-order valence-electron chi connectivity index (χ3n) is 5.77. The number of pyridine rings is 1. The van der Waals surface area contributed by atoms with Crippen LogP contribution in [0.15, 0.2) is 36.4 Å². The molecule has 7 heteroatoms. The van der Waals surface area contributed by atoms with Crippen LogP contribution in [0.25, 0.3) is 0 Å². The van der Waals surface area contributed by atoms with Gasteiger partial charge in [-0.2, -0.15) is 0 Å². The predicted octanol–water partition coefficient (Wildman–Crippen LogP) is 2.88. The van der Waals surface area contributed by atoms with Crippen LogP contribution in [-0.4, -0.2) is 43.0 Å². The largest absolute Gasteiger partial charge is 0.363 e. The minimum absolute atomic E-state index is 0.00560. The van der Waals surface area contributed by atoms with Crippen LogP contribution in [0.5, 0.6) is 0 Å². The van der Waals surface area contributed by atoms with Crippen molar-refractivity contribution < 1.29 is 9.59 Å². The number of rotatable bonds is 6. The fourth-order valence-corrected chi connectivity index (χ4v) is 4.03. The van der Waals surface area contributed by atoms with Crippen molar-refractivity contribution in [1.82, 2.24) is 15.6 Å². The summed E-state index contributed by atoms with van der Waals surface area (Å²) in [4.78, 5) is 31.5. The highest BCUT2D eigenvalue weighted by Gasteiger charge is 2.38. The number of amides is 2. The topological polar surface area (TPSA) is 86.4 Å². The van der Waals surface area contributed by atoms with E-state index in [1.165, 1.54) is 0 Å². The Balaban J connectivity index is 2.01. The monoisotopic (exact) mass is 409 g/mol. The van der Waals surface area contributed by atoms with Gasteiger partial charge in [-0.15, -0.1) is 0 Å². The van der Waals surface area contributed by atoms with Gasteiger partial charge in [0, 0.05) is 48.9 Å². The molecule has 1 aliphatic rings. The van der Waals surface area contributed by atoms with Crippen LogP contribution in [0.1, 0.15) is 48.4 Å². The molecule has 2 heterocycles. The van der Waals surface area contributed by atoms with E-state index >= 15 is 0 Å². The molecule has 3 atom stereocenters. The van der Waals surface area contributed by atoms with Gasteiger partial charge in [0.2, 0.25) is 5.91 Å². The van der Waals surface area contributed by atoms with E-state index < -0.39 is 0 Å². The summed E-state index contributed by atoms with van der Waals surface area (Å²) >= 11 is 0. The van der Waals surface area contributed by atoms with Gasteiger partial charge in [-0.05, 0) is 56.8 Å². The molecule has 3 N–H and O–H groups in total. The van der Waals surface area contributed by atoms with Crippen LogP contribution in [-0.2, 0) is 4.79 Å². The Morgan fingerprint density at radius 3 is 2.57 bits per heavy atom. The quantitative estimate of drug-likeness (QED) is 0.639. The second kappa shape index (κ2) is 9.26. The molecule has 0 spiro atoms. The van der Waals surface area contributed by atoms with Crippen LogP contribution < -0.4 is 20.9 Å². The minimum Gasteiger partial charge on any atom is -0.363 e. The van der Waals surface area contributed by atoms with Gasteiger partial charge in [0.05, 0.1) is 6.04 Å². The van der Waals surface area contributed by atoms with Crippen molar-refractivity contribution in [1.29, 1.82) is 0 Å². The highest BCUT2D eigenvalue weighted by atomic mass is 16.2. The van der Waals surface area contributed by atoms with Gasteiger partial charge in [0.25, 0.3) is 5.91 Å². The Bertz CT molecular complexity index is 930. The maximum atomic E-state index is 12.6. The molecule has 7 nitrogen and oxygen atoms in total. The lowest BCUT2D eigenvalue weighted by molar-refractivity contribution is -0.117. The Kier molecular flexibility index (Phi) is 6.72. The van der Waals surface area contributed by atoms with E-state index in [0.29, 0.717) is 18.7 Å². The lowest BCUT2D eigenvalue weighted by atomic mass is 9.82.